The Morgan fingerprint density at radius 3 is 1.53 bits per heavy atom. The highest BCUT2D eigenvalue weighted by Gasteiger charge is 2.22. The molecule has 0 aliphatic rings. The predicted octanol–water partition coefficient (Wildman–Crippen LogP) is 13.9. The minimum Gasteiger partial charge on any atom is -0.309 e. The van der Waals surface area contributed by atoms with E-state index in [1.54, 1.807) is 0 Å². The van der Waals surface area contributed by atoms with E-state index in [2.05, 4.69) is 185 Å². The summed E-state index contributed by atoms with van der Waals surface area (Å²) >= 11 is 0. The molecule has 5 nitrogen and oxygen atoms in total. The van der Waals surface area contributed by atoms with Crippen LogP contribution in [-0.4, -0.2) is 24.1 Å². The average Bonchev–Trinajstić information content (AvgIpc) is 3.85. The lowest BCUT2D eigenvalue weighted by Crippen LogP contribution is -2.00. The lowest BCUT2D eigenvalue weighted by molar-refractivity contribution is 1.07. The molecule has 0 spiro atoms. The van der Waals surface area contributed by atoms with Gasteiger partial charge in [0.25, 0.3) is 0 Å². The standard InChI is InChI=1S/C55H35N5/c1-4-15-36(16-5-1)37-27-29-39(30-28-37)54-56-53(38-17-6-2-7-18-38)57-55(58-54)41-31-32-43-40(35-41)19-14-26-47(43)60-49-25-13-11-23-46(49)51-50(60)34-33-45-44-22-10-12-24-48(44)59(52(45)51)42-20-8-3-9-21-42/h1-35H. The number of hydrogen-bond acceptors (Lipinski definition) is 3. The Hall–Kier alpha value is -8.15. The van der Waals surface area contributed by atoms with Crippen molar-refractivity contribution in [2.75, 3.05) is 0 Å². The second kappa shape index (κ2) is 13.8. The zero-order valence-corrected chi connectivity index (χ0v) is 32.4. The summed E-state index contributed by atoms with van der Waals surface area (Å²) in [5, 5.41) is 7.18. The predicted molar refractivity (Wildman–Crippen MR) is 248 cm³/mol. The maximum atomic E-state index is 5.11. The minimum absolute atomic E-state index is 0.631. The number of nitrogens with zero attached hydrogens (tertiary/aromatic N) is 5. The normalized spacial score (nSPS) is 11.7. The van der Waals surface area contributed by atoms with Gasteiger partial charge in [0.1, 0.15) is 0 Å². The molecule has 0 fully saturated rings. The van der Waals surface area contributed by atoms with Crippen LogP contribution in [0, 0.1) is 0 Å². The fourth-order valence-corrected chi connectivity index (χ4v) is 9.01. The third-order valence-corrected chi connectivity index (χ3v) is 11.8. The van der Waals surface area contributed by atoms with Crippen LogP contribution in [0.4, 0.5) is 0 Å². The number of fused-ring (bicyclic) bond motifs is 8. The zero-order chi connectivity index (χ0) is 39.6. The summed E-state index contributed by atoms with van der Waals surface area (Å²) in [7, 11) is 0. The largest absolute Gasteiger partial charge is 0.309 e. The number of para-hydroxylation sites is 3. The summed E-state index contributed by atoms with van der Waals surface area (Å²) in [4.78, 5) is 15.2. The molecule has 0 aliphatic heterocycles. The maximum absolute atomic E-state index is 5.11. The van der Waals surface area contributed by atoms with Gasteiger partial charge in [-0.2, -0.15) is 0 Å². The van der Waals surface area contributed by atoms with Crippen LogP contribution in [0.3, 0.4) is 0 Å². The Morgan fingerprint density at radius 2 is 0.817 bits per heavy atom. The van der Waals surface area contributed by atoms with Gasteiger partial charge >= 0.3 is 0 Å². The summed E-state index contributed by atoms with van der Waals surface area (Å²) in [6.07, 6.45) is 0. The number of rotatable bonds is 6. The number of aromatic nitrogens is 5. The highest BCUT2D eigenvalue weighted by Crippen LogP contribution is 2.43. The van der Waals surface area contributed by atoms with Crippen LogP contribution in [0.1, 0.15) is 0 Å². The lowest BCUT2D eigenvalue weighted by atomic mass is 10.0. The first-order chi connectivity index (χ1) is 29.8. The molecule has 3 aromatic heterocycles. The molecule has 9 aromatic carbocycles. The van der Waals surface area contributed by atoms with Gasteiger partial charge in [-0.1, -0.05) is 170 Å². The van der Waals surface area contributed by atoms with Crippen LogP contribution < -0.4 is 0 Å². The molecule has 0 saturated carbocycles. The van der Waals surface area contributed by atoms with Gasteiger partial charge < -0.3 is 9.13 Å². The van der Waals surface area contributed by atoms with Crippen molar-refractivity contribution in [3.8, 4) is 56.7 Å². The van der Waals surface area contributed by atoms with Crippen molar-refractivity contribution < 1.29 is 0 Å². The van der Waals surface area contributed by atoms with E-state index in [4.69, 9.17) is 15.0 Å². The quantitative estimate of drug-likeness (QED) is 0.169. The van der Waals surface area contributed by atoms with Crippen molar-refractivity contribution in [1.29, 1.82) is 0 Å². The Morgan fingerprint density at radius 1 is 0.300 bits per heavy atom. The molecule has 0 N–H and O–H groups in total. The molecule has 12 aromatic rings. The van der Waals surface area contributed by atoms with Gasteiger partial charge in [0.2, 0.25) is 0 Å². The van der Waals surface area contributed by atoms with Gasteiger partial charge in [0, 0.05) is 49.3 Å². The molecule has 0 unspecified atom stereocenters. The first-order valence-corrected chi connectivity index (χ1v) is 20.3. The van der Waals surface area contributed by atoms with E-state index < -0.39 is 0 Å². The van der Waals surface area contributed by atoms with Crippen molar-refractivity contribution in [3.05, 3.63) is 212 Å². The Labute approximate surface area is 346 Å². The van der Waals surface area contributed by atoms with E-state index in [1.165, 1.54) is 38.1 Å². The molecule has 0 saturated heterocycles. The van der Waals surface area contributed by atoms with Crippen molar-refractivity contribution in [1.82, 2.24) is 24.1 Å². The Balaban J connectivity index is 1.04. The molecule has 5 heteroatoms. The minimum atomic E-state index is 0.631. The number of hydrogen-bond donors (Lipinski definition) is 0. The fraction of sp³-hybridized carbons (Fsp3) is 0. The van der Waals surface area contributed by atoms with Crippen LogP contribution >= 0.6 is 0 Å². The molecule has 280 valence electrons. The first kappa shape index (κ1) is 33.9. The van der Waals surface area contributed by atoms with Crippen molar-refractivity contribution in [2.45, 2.75) is 0 Å². The van der Waals surface area contributed by atoms with Crippen molar-refractivity contribution in [3.63, 3.8) is 0 Å². The molecule has 3 heterocycles. The molecule has 60 heavy (non-hydrogen) atoms. The molecule has 0 amide bonds. The van der Waals surface area contributed by atoms with Crippen LogP contribution in [0.15, 0.2) is 212 Å². The average molecular weight is 766 g/mol. The van der Waals surface area contributed by atoms with E-state index >= 15 is 0 Å². The molecule has 0 bridgehead atoms. The lowest BCUT2D eigenvalue weighted by Gasteiger charge is -2.13. The highest BCUT2D eigenvalue weighted by molar-refractivity contribution is 6.26. The van der Waals surface area contributed by atoms with Crippen LogP contribution in [-0.2, 0) is 0 Å². The smallest absolute Gasteiger partial charge is 0.164 e. The maximum Gasteiger partial charge on any atom is 0.164 e. The van der Waals surface area contributed by atoms with Crippen LogP contribution in [0.2, 0.25) is 0 Å². The van der Waals surface area contributed by atoms with E-state index in [-0.39, 0.29) is 0 Å². The van der Waals surface area contributed by atoms with Gasteiger partial charge in [0.15, 0.2) is 17.5 Å². The van der Waals surface area contributed by atoms with E-state index in [0.717, 1.165) is 55.4 Å². The van der Waals surface area contributed by atoms with E-state index in [1.807, 2.05) is 36.4 Å². The van der Waals surface area contributed by atoms with Gasteiger partial charge in [-0.05, 0) is 59.0 Å². The topological polar surface area (TPSA) is 48.5 Å². The summed E-state index contributed by atoms with van der Waals surface area (Å²) < 4.78 is 4.87. The SMILES string of the molecule is c1ccc(-c2ccc(-c3nc(-c4ccccc4)nc(-c4ccc5c(-n6c7ccccc7c7c6ccc6c8ccccc8n(-c8ccccc8)c67)cccc5c4)n3)cc2)cc1. The Bertz CT molecular complexity index is 3570. The van der Waals surface area contributed by atoms with Gasteiger partial charge in [-0.3, -0.25) is 0 Å². The summed E-state index contributed by atoms with van der Waals surface area (Å²) in [6.45, 7) is 0. The van der Waals surface area contributed by atoms with Crippen molar-refractivity contribution >= 4 is 54.4 Å². The van der Waals surface area contributed by atoms with Crippen molar-refractivity contribution in [2.24, 2.45) is 0 Å². The van der Waals surface area contributed by atoms with E-state index in [9.17, 15) is 0 Å². The summed E-state index contributed by atoms with van der Waals surface area (Å²) in [5.74, 6) is 1.91. The van der Waals surface area contributed by atoms with Gasteiger partial charge in [0.05, 0.1) is 27.8 Å². The summed E-state index contributed by atoms with van der Waals surface area (Å²) in [5.41, 5.74) is 12.1. The van der Waals surface area contributed by atoms with Gasteiger partial charge in [-0.15, -0.1) is 0 Å². The Kier molecular flexibility index (Phi) is 7.78. The van der Waals surface area contributed by atoms with Crippen LogP contribution in [0.5, 0.6) is 0 Å². The second-order valence-corrected chi connectivity index (χ2v) is 15.2. The van der Waals surface area contributed by atoms with E-state index in [0.29, 0.717) is 17.5 Å². The first-order valence-electron chi connectivity index (χ1n) is 20.3. The fourth-order valence-electron chi connectivity index (χ4n) is 9.01. The molecular formula is C55H35N5. The highest BCUT2D eigenvalue weighted by atomic mass is 15.0. The third kappa shape index (κ3) is 5.44. The molecule has 0 radical (unpaired) electrons. The molecule has 0 atom stereocenters. The second-order valence-electron chi connectivity index (χ2n) is 15.2. The molecule has 12 rings (SSSR count). The number of benzene rings is 9. The summed E-state index contributed by atoms with van der Waals surface area (Å²) in [6, 6.07) is 75.1. The molecular weight excluding hydrogens is 731 g/mol. The molecule has 0 aliphatic carbocycles. The van der Waals surface area contributed by atoms with Crippen LogP contribution in [0.25, 0.3) is 111 Å². The zero-order valence-electron chi connectivity index (χ0n) is 32.4. The van der Waals surface area contributed by atoms with Gasteiger partial charge in [-0.25, -0.2) is 15.0 Å². The third-order valence-electron chi connectivity index (χ3n) is 11.8. The monoisotopic (exact) mass is 765 g/mol.